The number of nitrogens with one attached hydrogen (secondary N) is 2. The number of allylic oxidation sites excluding steroid dienone is 2. The Morgan fingerprint density at radius 2 is 1.80 bits per heavy atom. The van der Waals surface area contributed by atoms with E-state index in [1.165, 1.54) is 23.1 Å². The van der Waals surface area contributed by atoms with Gasteiger partial charge in [-0.15, -0.1) is 11.3 Å². The highest BCUT2D eigenvalue weighted by Crippen LogP contribution is 2.42. The number of ketones is 1. The summed E-state index contributed by atoms with van der Waals surface area (Å²) in [6.45, 7) is 5.75. The van der Waals surface area contributed by atoms with Crippen LogP contribution in [0.4, 0.5) is 5.69 Å². The number of benzene rings is 2. The van der Waals surface area contributed by atoms with Gasteiger partial charge in [-0.05, 0) is 43.8 Å². The molecule has 0 spiro atoms. The number of dihydropyridines is 1. The first kappa shape index (κ1) is 24.5. The minimum absolute atomic E-state index is 0.0148. The maximum atomic E-state index is 13.5. The van der Waals surface area contributed by atoms with Gasteiger partial charge < -0.3 is 10.6 Å². The lowest BCUT2D eigenvalue weighted by Gasteiger charge is -2.29. The van der Waals surface area contributed by atoms with Crippen molar-refractivity contribution in [2.75, 3.05) is 11.1 Å². The molecule has 7 heteroatoms. The Morgan fingerprint density at radius 1 is 1.06 bits per heavy atom. The number of nitriles is 1. The minimum Gasteiger partial charge on any atom is -0.353 e. The predicted octanol–water partition coefficient (Wildman–Crippen LogP) is 6.32. The summed E-state index contributed by atoms with van der Waals surface area (Å²) in [6.07, 6.45) is 0. The molecule has 1 aliphatic rings. The first-order chi connectivity index (χ1) is 16.9. The molecule has 0 bridgehead atoms. The topological polar surface area (TPSA) is 82.0 Å². The Morgan fingerprint density at radius 3 is 2.46 bits per heavy atom. The number of Topliss-reactive ketones (excluding diaryl/α,β-unsaturated/α-hetero) is 1. The number of hydrogen-bond donors (Lipinski definition) is 2. The Balaban J connectivity index is 1.64. The largest absolute Gasteiger partial charge is 0.353 e. The summed E-state index contributed by atoms with van der Waals surface area (Å²) in [5.74, 6) is -0.595. The molecule has 1 aromatic heterocycles. The van der Waals surface area contributed by atoms with E-state index in [-0.39, 0.29) is 17.4 Å². The molecule has 1 amide bonds. The Hall–Kier alpha value is -3.60. The number of aryl methyl sites for hydroxylation is 2. The van der Waals surface area contributed by atoms with E-state index in [0.29, 0.717) is 27.4 Å². The van der Waals surface area contributed by atoms with Gasteiger partial charge in [-0.25, -0.2) is 0 Å². The van der Waals surface area contributed by atoms with E-state index in [0.717, 1.165) is 21.7 Å². The van der Waals surface area contributed by atoms with Crippen molar-refractivity contribution in [2.45, 2.75) is 26.7 Å². The third-order valence-corrected chi connectivity index (χ3v) is 7.79. The van der Waals surface area contributed by atoms with Crippen molar-refractivity contribution in [3.8, 4) is 6.07 Å². The van der Waals surface area contributed by atoms with Crippen molar-refractivity contribution in [2.24, 2.45) is 0 Å². The van der Waals surface area contributed by atoms with Gasteiger partial charge in [0, 0.05) is 27.4 Å². The minimum atomic E-state index is -0.512. The van der Waals surface area contributed by atoms with Gasteiger partial charge in [0.25, 0.3) is 5.91 Å². The zero-order valence-electron chi connectivity index (χ0n) is 19.7. The van der Waals surface area contributed by atoms with Crippen molar-refractivity contribution in [3.63, 3.8) is 0 Å². The van der Waals surface area contributed by atoms with E-state index in [2.05, 4.69) is 16.7 Å². The van der Waals surface area contributed by atoms with Crippen molar-refractivity contribution in [3.05, 3.63) is 109 Å². The van der Waals surface area contributed by atoms with E-state index in [1.54, 1.807) is 0 Å². The molecule has 3 aromatic rings. The molecule has 0 unspecified atom stereocenters. The Kier molecular flexibility index (Phi) is 7.54. The number of carbonyl (C=O) groups is 2. The summed E-state index contributed by atoms with van der Waals surface area (Å²) in [5, 5.41) is 19.0. The molecule has 5 nitrogen and oxygen atoms in total. The first-order valence-corrected chi connectivity index (χ1v) is 13.0. The second-order valence-corrected chi connectivity index (χ2v) is 10.3. The number of para-hydroxylation sites is 1. The SMILES string of the molecule is CC1=C(C(=O)Nc2ccccc2C)[C@@H](c2cccs2)C(C#N)=C(SCC(=O)c2ccc(C)cc2)N1. The smallest absolute Gasteiger partial charge is 0.254 e. The van der Waals surface area contributed by atoms with E-state index in [4.69, 9.17) is 0 Å². The number of rotatable bonds is 7. The quantitative estimate of drug-likeness (QED) is 0.372. The van der Waals surface area contributed by atoms with Gasteiger partial charge in [0.1, 0.15) is 0 Å². The highest BCUT2D eigenvalue weighted by molar-refractivity contribution is 8.03. The van der Waals surface area contributed by atoms with Crippen molar-refractivity contribution >= 4 is 40.5 Å². The van der Waals surface area contributed by atoms with Crippen LogP contribution in [0, 0.1) is 25.2 Å². The van der Waals surface area contributed by atoms with Gasteiger partial charge in [-0.2, -0.15) is 5.26 Å². The fourth-order valence-electron chi connectivity index (χ4n) is 3.93. The zero-order valence-corrected chi connectivity index (χ0v) is 21.3. The number of thiophene rings is 1. The summed E-state index contributed by atoms with van der Waals surface area (Å²) in [4.78, 5) is 27.2. The molecule has 2 N–H and O–H groups in total. The summed E-state index contributed by atoms with van der Waals surface area (Å²) < 4.78 is 0. The number of hydrogen-bond acceptors (Lipinski definition) is 6. The van der Waals surface area contributed by atoms with Gasteiger partial charge in [-0.3, -0.25) is 9.59 Å². The van der Waals surface area contributed by atoms with Crippen LogP contribution >= 0.6 is 23.1 Å². The second-order valence-electron chi connectivity index (χ2n) is 8.31. The van der Waals surface area contributed by atoms with E-state index >= 15 is 0 Å². The van der Waals surface area contributed by atoms with Crippen LogP contribution < -0.4 is 10.6 Å². The van der Waals surface area contributed by atoms with Crippen molar-refractivity contribution in [1.29, 1.82) is 5.26 Å². The molecule has 35 heavy (non-hydrogen) atoms. The standard InChI is InChI=1S/C28H25N3O2S2/c1-17-10-12-20(13-11-17)23(32)16-35-28-21(15-29)26(24-9-6-14-34-24)25(19(3)30-28)27(33)31-22-8-5-4-7-18(22)2/h4-14,26,30H,16H2,1-3H3,(H,31,33)/t26-/m1/s1. The molecule has 4 rings (SSSR count). The fraction of sp³-hybridized carbons (Fsp3) is 0.179. The summed E-state index contributed by atoms with van der Waals surface area (Å²) in [6, 6.07) is 21.2. The molecule has 0 fully saturated rings. The molecule has 2 aromatic carbocycles. The van der Waals surface area contributed by atoms with E-state index in [9.17, 15) is 14.9 Å². The molecular weight excluding hydrogens is 474 g/mol. The van der Waals surface area contributed by atoms with Gasteiger partial charge in [0.05, 0.1) is 28.3 Å². The second kappa shape index (κ2) is 10.8. The zero-order chi connectivity index (χ0) is 24.9. The molecule has 176 valence electrons. The van der Waals surface area contributed by atoms with Gasteiger partial charge >= 0.3 is 0 Å². The van der Waals surface area contributed by atoms with E-state index < -0.39 is 5.92 Å². The van der Waals surface area contributed by atoms with Crippen LogP contribution in [-0.4, -0.2) is 17.4 Å². The normalized spacial score (nSPS) is 15.4. The number of anilines is 1. The fourth-order valence-corrected chi connectivity index (χ4v) is 5.76. The summed E-state index contributed by atoms with van der Waals surface area (Å²) in [7, 11) is 0. The molecule has 1 aliphatic heterocycles. The van der Waals surface area contributed by atoms with Crippen LogP contribution in [-0.2, 0) is 4.79 Å². The molecule has 0 radical (unpaired) electrons. The Labute approximate surface area is 213 Å². The van der Waals surface area contributed by atoms with Crippen molar-refractivity contribution < 1.29 is 9.59 Å². The lowest BCUT2D eigenvalue weighted by Crippen LogP contribution is -2.30. The van der Waals surface area contributed by atoms with Crippen LogP contribution in [0.3, 0.4) is 0 Å². The first-order valence-electron chi connectivity index (χ1n) is 11.1. The summed E-state index contributed by atoms with van der Waals surface area (Å²) >= 11 is 2.80. The highest BCUT2D eigenvalue weighted by atomic mass is 32.2. The van der Waals surface area contributed by atoms with Crippen LogP contribution in [0.2, 0.25) is 0 Å². The lowest BCUT2D eigenvalue weighted by molar-refractivity contribution is -0.113. The van der Waals surface area contributed by atoms with Crippen LogP contribution in [0.25, 0.3) is 0 Å². The number of carbonyl (C=O) groups excluding carboxylic acids is 2. The molecular formula is C28H25N3O2S2. The number of thioether (sulfide) groups is 1. The van der Waals surface area contributed by atoms with Crippen molar-refractivity contribution in [1.82, 2.24) is 5.32 Å². The third kappa shape index (κ3) is 5.40. The van der Waals surface area contributed by atoms with Crippen LogP contribution in [0.15, 0.2) is 87.9 Å². The predicted molar refractivity (Wildman–Crippen MR) is 143 cm³/mol. The molecule has 0 saturated carbocycles. The van der Waals surface area contributed by atoms with E-state index in [1.807, 2.05) is 86.8 Å². The van der Waals surface area contributed by atoms with Crippen LogP contribution in [0.1, 0.15) is 39.2 Å². The highest BCUT2D eigenvalue weighted by Gasteiger charge is 2.35. The molecule has 0 saturated heterocycles. The van der Waals surface area contributed by atoms with Gasteiger partial charge in [0.2, 0.25) is 0 Å². The number of nitrogens with zero attached hydrogens (tertiary/aromatic N) is 1. The van der Waals surface area contributed by atoms with Crippen LogP contribution in [0.5, 0.6) is 0 Å². The number of amides is 1. The Bertz CT molecular complexity index is 1360. The molecule has 1 atom stereocenters. The maximum absolute atomic E-state index is 13.5. The maximum Gasteiger partial charge on any atom is 0.254 e. The third-order valence-electron chi connectivity index (χ3n) is 5.83. The van der Waals surface area contributed by atoms with Gasteiger partial charge in [0.15, 0.2) is 5.78 Å². The lowest BCUT2D eigenvalue weighted by atomic mass is 9.86. The molecule has 2 heterocycles. The van der Waals surface area contributed by atoms with Gasteiger partial charge in [-0.1, -0.05) is 65.9 Å². The summed E-state index contributed by atoms with van der Waals surface area (Å²) in [5.41, 5.74) is 5.02. The molecule has 0 aliphatic carbocycles. The monoisotopic (exact) mass is 499 g/mol. The average Bonchev–Trinajstić information content (AvgIpc) is 3.38. The average molecular weight is 500 g/mol.